The first-order valence-electron chi connectivity index (χ1n) is 11.1. The van der Waals surface area contributed by atoms with Gasteiger partial charge in [0, 0.05) is 50.3 Å². The maximum absolute atomic E-state index is 13.5. The summed E-state index contributed by atoms with van der Waals surface area (Å²) in [5, 5.41) is 7.07. The number of likely N-dealkylation sites (tertiary alicyclic amines) is 1. The van der Waals surface area contributed by atoms with Crippen molar-refractivity contribution < 1.29 is 9.13 Å². The number of piperidine rings is 1. The maximum Gasteiger partial charge on any atom is 0.191 e. The summed E-state index contributed by atoms with van der Waals surface area (Å²) in [6, 6.07) is 8.02. The minimum absolute atomic E-state index is 0.0880. The van der Waals surface area contributed by atoms with Gasteiger partial charge in [-0.2, -0.15) is 0 Å². The van der Waals surface area contributed by atoms with Crippen molar-refractivity contribution in [1.82, 2.24) is 15.5 Å². The summed E-state index contributed by atoms with van der Waals surface area (Å²) >= 11 is 0. The fourth-order valence-electron chi connectivity index (χ4n) is 4.41. The fourth-order valence-corrected chi connectivity index (χ4v) is 4.41. The summed E-state index contributed by atoms with van der Waals surface area (Å²) in [4.78, 5) is 7.52. The first kappa shape index (κ1) is 22.0. The quantitative estimate of drug-likeness (QED) is 0.564. The van der Waals surface area contributed by atoms with E-state index in [9.17, 15) is 4.39 Å². The van der Waals surface area contributed by atoms with Gasteiger partial charge in [-0.15, -0.1) is 0 Å². The average molecular weight is 405 g/mol. The molecule has 29 heavy (non-hydrogen) atoms. The first-order chi connectivity index (χ1) is 14.0. The number of guanidine groups is 1. The summed E-state index contributed by atoms with van der Waals surface area (Å²) in [5.41, 5.74) is 1.07. The second-order valence-electron chi connectivity index (χ2n) is 8.64. The van der Waals surface area contributed by atoms with Crippen molar-refractivity contribution in [3.05, 3.63) is 35.6 Å². The molecule has 2 aliphatic heterocycles. The number of aliphatic imine (C=N–C) groups is 1. The van der Waals surface area contributed by atoms with E-state index in [1.165, 1.54) is 0 Å². The summed E-state index contributed by atoms with van der Waals surface area (Å²) in [7, 11) is 0. The standard InChI is InChI=1S/C23H37FN4O/c1-4-25-22(27-21-9-13-28(14-10-21)18(2)3)26-17-23(11-15-29-16-12-23)19-5-7-20(24)8-6-19/h5-8,18,21H,4,9-17H2,1-3H3,(H2,25,26,27). The van der Waals surface area contributed by atoms with E-state index in [0.717, 1.165) is 70.1 Å². The molecule has 0 saturated carbocycles. The van der Waals surface area contributed by atoms with Gasteiger partial charge in [-0.05, 0) is 64.2 Å². The molecular weight excluding hydrogens is 367 g/mol. The van der Waals surface area contributed by atoms with E-state index in [0.29, 0.717) is 18.6 Å². The van der Waals surface area contributed by atoms with Crippen LogP contribution in [0.1, 0.15) is 52.0 Å². The lowest BCUT2D eigenvalue weighted by molar-refractivity contribution is 0.0530. The minimum atomic E-state index is -0.192. The van der Waals surface area contributed by atoms with Crippen molar-refractivity contribution in [3.8, 4) is 0 Å². The molecule has 0 bridgehead atoms. The minimum Gasteiger partial charge on any atom is -0.381 e. The molecule has 2 heterocycles. The largest absolute Gasteiger partial charge is 0.381 e. The van der Waals surface area contributed by atoms with Crippen molar-refractivity contribution in [2.45, 2.75) is 64.0 Å². The van der Waals surface area contributed by atoms with Crippen LogP contribution in [-0.2, 0) is 10.2 Å². The summed E-state index contributed by atoms with van der Waals surface area (Å²) in [6.45, 7) is 11.9. The van der Waals surface area contributed by atoms with Crippen LogP contribution < -0.4 is 10.6 Å². The highest BCUT2D eigenvalue weighted by Gasteiger charge is 2.34. The van der Waals surface area contributed by atoms with E-state index in [1.807, 2.05) is 12.1 Å². The van der Waals surface area contributed by atoms with Crippen LogP contribution in [0.15, 0.2) is 29.3 Å². The van der Waals surface area contributed by atoms with Crippen LogP contribution in [0.5, 0.6) is 0 Å². The Hall–Kier alpha value is -1.66. The number of ether oxygens (including phenoxy) is 1. The molecule has 0 atom stereocenters. The van der Waals surface area contributed by atoms with Crippen molar-refractivity contribution in [3.63, 3.8) is 0 Å². The summed E-state index contributed by atoms with van der Waals surface area (Å²) in [5.74, 6) is 0.700. The Morgan fingerprint density at radius 2 is 1.86 bits per heavy atom. The normalized spacial score (nSPS) is 21.3. The van der Waals surface area contributed by atoms with E-state index in [-0.39, 0.29) is 11.2 Å². The molecule has 0 radical (unpaired) electrons. The highest BCUT2D eigenvalue weighted by Crippen LogP contribution is 2.35. The molecule has 3 rings (SSSR count). The number of benzene rings is 1. The van der Waals surface area contributed by atoms with Gasteiger partial charge in [-0.25, -0.2) is 4.39 Å². The monoisotopic (exact) mass is 404 g/mol. The number of nitrogens with zero attached hydrogens (tertiary/aromatic N) is 2. The third-order valence-electron chi connectivity index (χ3n) is 6.39. The van der Waals surface area contributed by atoms with Gasteiger partial charge in [-0.3, -0.25) is 4.99 Å². The highest BCUT2D eigenvalue weighted by atomic mass is 19.1. The molecular formula is C23H37FN4O. The molecule has 1 aromatic rings. The SMILES string of the molecule is CCNC(=NCC1(c2ccc(F)cc2)CCOCC1)NC1CCN(C(C)C)CC1. The van der Waals surface area contributed by atoms with Crippen molar-refractivity contribution in [2.24, 2.45) is 4.99 Å². The lowest BCUT2D eigenvalue weighted by atomic mass is 9.74. The Balaban J connectivity index is 1.69. The molecule has 6 heteroatoms. The molecule has 2 N–H and O–H groups in total. The second-order valence-corrected chi connectivity index (χ2v) is 8.64. The fraction of sp³-hybridized carbons (Fsp3) is 0.696. The Kier molecular flexibility index (Phi) is 7.90. The number of hydrogen-bond donors (Lipinski definition) is 2. The number of nitrogens with one attached hydrogen (secondary N) is 2. The van der Waals surface area contributed by atoms with Crippen LogP contribution in [0, 0.1) is 5.82 Å². The third-order valence-corrected chi connectivity index (χ3v) is 6.39. The summed E-state index contributed by atoms with van der Waals surface area (Å²) in [6.07, 6.45) is 4.10. The maximum atomic E-state index is 13.5. The Labute approximate surface area is 175 Å². The zero-order valence-corrected chi connectivity index (χ0v) is 18.2. The van der Waals surface area contributed by atoms with Crippen LogP contribution in [0.4, 0.5) is 4.39 Å². The van der Waals surface area contributed by atoms with Gasteiger partial charge >= 0.3 is 0 Å². The van der Waals surface area contributed by atoms with Crippen molar-refractivity contribution >= 4 is 5.96 Å². The molecule has 162 valence electrons. The van der Waals surface area contributed by atoms with Gasteiger partial charge in [0.15, 0.2) is 5.96 Å². The topological polar surface area (TPSA) is 48.9 Å². The van der Waals surface area contributed by atoms with Gasteiger partial charge in [-0.1, -0.05) is 12.1 Å². The zero-order chi connectivity index (χ0) is 20.7. The zero-order valence-electron chi connectivity index (χ0n) is 18.2. The highest BCUT2D eigenvalue weighted by molar-refractivity contribution is 5.80. The van der Waals surface area contributed by atoms with E-state index < -0.39 is 0 Å². The van der Waals surface area contributed by atoms with Crippen molar-refractivity contribution in [2.75, 3.05) is 39.4 Å². The van der Waals surface area contributed by atoms with Crippen LogP contribution in [0.3, 0.4) is 0 Å². The number of hydrogen-bond acceptors (Lipinski definition) is 3. The van der Waals surface area contributed by atoms with Crippen molar-refractivity contribution in [1.29, 1.82) is 0 Å². The summed E-state index contributed by atoms with van der Waals surface area (Å²) < 4.78 is 19.1. The molecule has 0 unspecified atom stereocenters. The van der Waals surface area contributed by atoms with E-state index in [4.69, 9.17) is 9.73 Å². The lowest BCUT2D eigenvalue weighted by Crippen LogP contribution is -2.50. The lowest BCUT2D eigenvalue weighted by Gasteiger charge is -2.37. The predicted molar refractivity (Wildman–Crippen MR) is 117 cm³/mol. The van der Waals surface area contributed by atoms with E-state index in [1.54, 1.807) is 12.1 Å². The first-order valence-corrected chi connectivity index (χ1v) is 11.1. The molecule has 2 fully saturated rings. The Bertz CT molecular complexity index is 647. The number of halogens is 1. The number of rotatable bonds is 6. The molecule has 2 aliphatic rings. The van der Waals surface area contributed by atoms with Gasteiger partial charge in [0.2, 0.25) is 0 Å². The molecule has 2 saturated heterocycles. The van der Waals surface area contributed by atoms with Gasteiger partial charge in [0.1, 0.15) is 5.82 Å². The molecule has 1 aromatic carbocycles. The molecule has 0 aromatic heterocycles. The van der Waals surface area contributed by atoms with E-state index >= 15 is 0 Å². The van der Waals surface area contributed by atoms with Gasteiger partial charge in [0.05, 0.1) is 6.54 Å². The van der Waals surface area contributed by atoms with Gasteiger partial charge < -0.3 is 20.3 Å². The molecule has 0 spiro atoms. The molecule has 5 nitrogen and oxygen atoms in total. The third kappa shape index (κ3) is 5.92. The molecule has 0 amide bonds. The van der Waals surface area contributed by atoms with Crippen LogP contribution in [-0.4, -0.2) is 62.3 Å². The van der Waals surface area contributed by atoms with E-state index in [2.05, 4.69) is 36.3 Å². The van der Waals surface area contributed by atoms with Crippen LogP contribution in [0.25, 0.3) is 0 Å². The average Bonchev–Trinajstić information content (AvgIpc) is 2.74. The van der Waals surface area contributed by atoms with Crippen LogP contribution in [0.2, 0.25) is 0 Å². The predicted octanol–water partition coefficient (Wildman–Crippen LogP) is 3.30. The Morgan fingerprint density at radius 3 is 2.45 bits per heavy atom. The second kappa shape index (κ2) is 10.4. The Morgan fingerprint density at radius 1 is 1.21 bits per heavy atom. The smallest absolute Gasteiger partial charge is 0.191 e. The van der Waals surface area contributed by atoms with Gasteiger partial charge in [0.25, 0.3) is 0 Å². The van der Waals surface area contributed by atoms with Crippen LogP contribution >= 0.6 is 0 Å². The molecule has 0 aliphatic carbocycles.